The molecule has 0 unspecified atom stereocenters. The molecule has 13 heteroatoms. The van der Waals surface area contributed by atoms with Crippen LogP contribution in [0.4, 0.5) is 0 Å². The van der Waals surface area contributed by atoms with E-state index in [1.807, 2.05) is 0 Å². The van der Waals surface area contributed by atoms with Crippen molar-refractivity contribution in [3.8, 4) is 0 Å². The molecule has 28 heavy (non-hydrogen) atoms. The van der Waals surface area contributed by atoms with Crippen LogP contribution in [-0.2, 0) is 9.53 Å². The molecule has 0 aliphatic carbocycles. The second-order valence-corrected chi connectivity index (χ2v) is 5.85. The Kier molecular flexibility index (Phi) is 16.6. The van der Waals surface area contributed by atoms with Gasteiger partial charge in [-0.05, 0) is 0 Å². The topological polar surface area (TPSA) is 241 Å². The standard InChI is InChI=1S/C9H21NO6.C6H12O6.2H2/c1-16-3-2-10-4-6(12)8(14)9(15)7(13)5-11;7-1-3(9)5(11)6(12)4(10)2-8;;/h6-15H,2-5H2,1H3;1,3-6,8-12H,2H2;2*1H/t6-,7+,8+,9+;3-,4+,5+,6+;;/m00../s1/i;;1+1D;1+1. The van der Waals surface area contributed by atoms with Crippen LogP contribution in [0.15, 0.2) is 0 Å². The van der Waals surface area contributed by atoms with E-state index in [2.05, 4.69) is 5.32 Å². The molecule has 0 rings (SSSR count). The highest BCUT2D eigenvalue weighted by Crippen LogP contribution is 2.04. The monoisotopic (exact) mass is 426 g/mol. The van der Waals surface area contributed by atoms with E-state index >= 15 is 0 Å². The van der Waals surface area contributed by atoms with Gasteiger partial charge in [0.25, 0.3) is 0 Å². The molecule has 8 atom stereocenters. The summed E-state index contributed by atoms with van der Waals surface area (Å²) in [5.74, 6) is 0. The summed E-state index contributed by atoms with van der Waals surface area (Å²) in [6.07, 6.45) is -12.6. The Labute approximate surface area is 166 Å². The number of methoxy groups -OCH3 is 1. The maximum Gasteiger partial charge on any atom is 0.151 e. The average Bonchev–Trinajstić information content (AvgIpc) is 2.79. The van der Waals surface area contributed by atoms with E-state index in [0.717, 1.165) is 0 Å². The van der Waals surface area contributed by atoms with E-state index < -0.39 is 62.0 Å². The zero-order valence-corrected chi connectivity index (χ0v) is 15.5. The van der Waals surface area contributed by atoms with E-state index in [-0.39, 0.29) is 14.3 Å². The first-order valence-electron chi connectivity index (χ1n) is 9.40. The molecule has 0 aromatic carbocycles. The fourth-order valence-corrected chi connectivity index (χ4v) is 1.73. The summed E-state index contributed by atoms with van der Waals surface area (Å²) < 4.78 is 14.8. The van der Waals surface area contributed by atoms with E-state index in [4.69, 9.17) is 43.5 Å². The third kappa shape index (κ3) is 11.9. The normalized spacial score (nSPS) is 20.2. The number of nitrogens with one attached hydrogen (secondary N) is 1. The van der Waals surface area contributed by atoms with Gasteiger partial charge in [-0.1, -0.05) is 0 Å². The Bertz CT molecular complexity index is 391. The SMILES string of the molecule is COCCNC[C@H](O)[C@@H](O)[C@H](O)[C@H](O)CO.O=C[C@H](O)[C@@H](O)[C@H](O)[C@H](O)CO.[2HH].[2H][2H]. The molecule has 0 radical (unpaired) electrons. The van der Waals surface area contributed by atoms with Gasteiger partial charge in [-0.25, -0.2) is 0 Å². The van der Waals surface area contributed by atoms with Gasteiger partial charge >= 0.3 is 0 Å². The van der Waals surface area contributed by atoms with E-state index in [1.54, 1.807) is 0 Å². The Balaban J connectivity index is -0.000000218. The number of rotatable bonds is 14. The summed E-state index contributed by atoms with van der Waals surface area (Å²) in [5, 5.41) is 92.0. The minimum atomic E-state index is -1.79. The lowest BCUT2D eigenvalue weighted by molar-refractivity contribution is -0.136. The molecule has 0 fully saturated rings. The van der Waals surface area contributed by atoms with Crippen molar-refractivity contribution in [3.05, 3.63) is 0 Å². The second-order valence-electron chi connectivity index (χ2n) is 5.85. The van der Waals surface area contributed by atoms with Crippen LogP contribution in [0.1, 0.15) is 4.40 Å². The quantitative estimate of drug-likeness (QED) is 0.0916. The molecule has 0 aromatic rings. The van der Waals surface area contributed by atoms with Gasteiger partial charge in [0.1, 0.15) is 42.7 Å². The van der Waals surface area contributed by atoms with Gasteiger partial charge in [0.15, 0.2) is 6.29 Å². The molecule has 11 N–H and O–H groups in total. The summed E-state index contributed by atoms with van der Waals surface area (Å²) in [5.41, 5.74) is 0. The Morgan fingerprint density at radius 1 is 0.857 bits per heavy atom. The molecular formula is C15H37NO12. The van der Waals surface area contributed by atoms with E-state index in [9.17, 15) is 20.1 Å². The Morgan fingerprint density at radius 2 is 1.29 bits per heavy atom. The number of hydrogen-bond acceptors (Lipinski definition) is 13. The van der Waals surface area contributed by atoms with Crippen molar-refractivity contribution < 1.29 is 65.0 Å². The first kappa shape index (κ1) is 27.2. The van der Waals surface area contributed by atoms with Crippen LogP contribution in [0.25, 0.3) is 0 Å². The lowest BCUT2D eigenvalue weighted by Gasteiger charge is -2.25. The molecule has 0 aromatic heterocycles. The predicted octanol–water partition coefficient (Wildman–Crippen LogP) is -6.23. The molecule has 13 nitrogen and oxygen atoms in total. The van der Waals surface area contributed by atoms with Gasteiger partial charge in [-0.15, -0.1) is 0 Å². The smallest absolute Gasteiger partial charge is 0.151 e. The van der Waals surface area contributed by atoms with Gasteiger partial charge in [-0.2, -0.15) is 0 Å². The highest BCUT2D eigenvalue weighted by molar-refractivity contribution is 5.56. The third-order valence-corrected chi connectivity index (χ3v) is 3.58. The van der Waals surface area contributed by atoms with Crippen LogP contribution in [0, 0.1) is 0 Å². The maximum atomic E-state index is 9.90. The van der Waals surface area contributed by atoms with Crippen molar-refractivity contribution in [2.24, 2.45) is 0 Å². The van der Waals surface area contributed by atoms with Gasteiger partial charge in [-0.3, -0.25) is 0 Å². The number of aliphatic hydroxyl groups is 10. The first-order chi connectivity index (χ1) is 14.1. The van der Waals surface area contributed by atoms with Crippen LogP contribution in [0.5, 0.6) is 0 Å². The molecule has 0 bridgehead atoms. The molecule has 0 aliphatic rings. The summed E-state index contributed by atoms with van der Waals surface area (Å²) in [4.78, 5) is 9.90. The summed E-state index contributed by atoms with van der Waals surface area (Å²) in [7, 11) is 1.54. The molecule has 0 aliphatic heterocycles. The predicted molar refractivity (Wildman–Crippen MR) is 97.3 cm³/mol. The summed E-state index contributed by atoms with van der Waals surface area (Å²) in [6, 6.07) is 0. The van der Waals surface area contributed by atoms with E-state index in [0.29, 0.717) is 13.2 Å². The van der Waals surface area contributed by atoms with Crippen molar-refractivity contribution in [3.63, 3.8) is 0 Å². The van der Waals surface area contributed by atoms with Crippen molar-refractivity contribution in [1.82, 2.24) is 5.32 Å². The highest BCUT2D eigenvalue weighted by atomic mass is 16.5. The molecule has 0 saturated carbocycles. The fourth-order valence-electron chi connectivity index (χ4n) is 1.73. The largest absolute Gasteiger partial charge is 0.394 e. The molecular weight excluding hydrogens is 386 g/mol. The van der Waals surface area contributed by atoms with Crippen LogP contribution < -0.4 is 5.32 Å². The molecule has 174 valence electrons. The molecule has 0 spiro atoms. The van der Waals surface area contributed by atoms with Gasteiger partial charge in [0.2, 0.25) is 0 Å². The lowest BCUT2D eigenvalue weighted by Crippen LogP contribution is -2.49. The molecule has 0 amide bonds. The Hall–Kier alpha value is -0.810. The number of hydrogen-bond donors (Lipinski definition) is 11. The van der Waals surface area contributed by atoms with Gasteiger partial charge in [0, 0.05) is 24.6 Å². The Morgan fingerprint density at radius 3 is 1.68 bits per heavy atom. The second kappa shape index (κ2) is 17.1. The first-order valence-corrected chi connectivity index (χ1v) is 8.40. The fraction of sp³-hybridized carbons (Fsp3) is 0.933. The van der Waals surface area contributed by atoms with Crippen LogP contribution in [-0.4, -0.2) is 146 Å². The lowest BCUT2D eigenvalue weighted by atomic mass is 10.0. The molecule has 0 heterocycles. The van der Waals surface area contributed by atoms with Gasteiger partial charge < -0.3 is 65.9 Å². The minimum Gasteiger partial charge on any atom is -0.394 e. The third-order valence-electron chi connectivity index (χ3n) is 3.58. The zero-order valence-electron chi connectivity index (χ0n) is 17.5. The number of aliphatic hydroxyl groups excluding tert-OH is 10. The summed E-state index contributed by atoms with van der Waals surface area (Å²) in [6.45, 7) is -0.421. The van der Waals surface area contributed by atoms with Crippen molar-refractivity contribution >= 4 is 6.29 Å². The van der Waals surface area contributed by atoms with Crippen LogP contribution in [0.2, 0.25) is 0 Å². The van der Waals surface area contributed by atoms with Crippen molar-refractivity contribution in [2.45, 2.75) is 48.8 Å². The van der Waals surface area contributed by atoms with Crippen LogP contribution >= 0.6 is 0 Å². The van der Waals surface area contributed by atoms with Crippen molar-refractivity contribution in [1.29, 1.82) is 0 Å². The summed E-state index contributed by atoms with van der Waals surface area (Å²) >= 11 is 0. The highest BCUT2D eigenvalue weighted by Gasteiger charge is 2.30. The zero-order chi connectivity index (χ0) is 24.3. The van der Waals surface area contributed by atoms with E-state index in [1.165, 1.54) is 7.11 Å². The molecule has 0 saturated heterocycles. The number of ether oxygens (including phenoxy) is 1. The maximum absolute atomic E-state index is 9.90. The number of carbonyl (C=O) groups is 1. The van der Waals surface area contributed by atoms with Crippen LogP contribution in [0.3, 0.4) is 0 Å². The van der Waals surface area contributed by atoms with Crippen molar-refractivity contribution in [2.75, 3.05) is 40.0 Å². The minimum absolute atomic E-state index is 0. The van der Waals surface area contributed by atoms with Gasteiger partial charge in [0.05, 0.1) is 25.9 Å². The number of carbonyl (C=O) groups excluding carboxylic acids is 1. The number of aldehydes is 1. The average molecular weight is 426 g/mol.